The van der Waals surface area contributed by atoms with Gasteiger partial charge in [0.15, 0.2) is 5.82 Å². The lowest BCUT2D eigenvalue weighted by atomic mass is 9.89. The van der Waals surface area contributed by atoms with Crippen molar-refractivity contribution in [1.29, 1.82) is 0 Å². The van der Waals surface area contributed by atoms with Gasteiger partial charge < -0.3 is 15.8 Å². The van der Waals surface area contributed by atoms with E-state index in [1.807, 2.05) is 0 Å². The van der Waals surface area contributed by atoms with Crippen molar-refractivity contribution in [2.45, 2.75) is 62.1 Å². The van der Waals surface area contributed by atoms with Crippen molar-refractivity contribution < 1.29 is 9.90 Å². The van der Waals surface area contributed by atoms with Crippen LogP contribution in [0.1, 0.15) is 56.7 Å². The Kier molecular flexibility index (Phi) is 5.42. The molecular formula is C15H25N5O2S. The molecule has 23 heavy (non-hydrogen) atoms. The van der Waals surface area contributed by atoms with E-state index in [4.69, 9.17) is 5.84 Å². The van der Waals surface area contributed by atoms with Crippen LogP contribution in [0, 0.1) is 0 Å². The summed E-state index contributed by atoms with van der Waals surface area (Å²) >= 11 is 1.33. The number of carbonyl (C=O) groups excluding carboxylic acids is 1. The van der Waals surface area contributed by atoms with Gasteiger partial charge in [0.2, 0.25) is 11.1 Å². The van der Waals surface area contributed by atoms with Gasteiger partial charge in [-0.05, 0) is 25.7 Å². The van der Waals surface area contributed by atoms with Crippen LogP contribution in [-0.4, -0.2) is 55.7 Å². The molecule has 1 aliphatic heterocycles. The summed E-state index contributed by atoms with van der Waals surface area (Å²) in [6, 6.07) is -0.0309. The van der Waals surface area contributed by atoms with Crippen LogP contribution in [0.3, 0.4) is 0 Å². The summed E-state index contributed by atoms with van der Waals surface area (Å²) in [4.78, 5) is 14.1. The second-order valence-electron chi connectivity index (χ2n) is 6.40. The summed E-state index contributed by atoms with van der Waals surface area (Å²) in [6.45, 7) is 0.766. The first-order valence-electron chi connectivity index (χ1n) is 8.44. The molecule has 0 spiro atoms. The number of aliphatic hydroxyl groups is 1. The van der Waals surface area contributed by atoms with Gasteiger partial charge in [0.25, 0.3) is 0 Å². The van der Waals surface area contributed by atoms with Gasteiger partial charge in [0.1, 0.15) is 0 Å². The molecule has 0 aromatic carbocycles. The largest absolute Gasteiger partial charge is 0.394 e. The topological polar surface area (TPSA) is 97.3 Å². The molecule has 0 unspecified atom stereocenters. The standard InChI is InChI=1S/C15H25N5O2S/c16-20-14(11-5-2-1-3-6-11)17-18-15(20)23-10-13(22)19-8-4-7-12(19)9-21/h11-12,21H,1-10,16H2/t12-/m1/s1. The van der Waals surface area contributed by atoms with Gasteiger partial charge in [-0.2, -0.15) is 0 Å². The molecule has 8 heteroatoms. The van der Waals surface area contributed by atoms with Crippen LogP contribution < -0.4 is 5.84 Å². The van der Waals surface area contributed by atoms with Gasteiger partial charge in [-0.25, -0.2) is 4.68 Å². The Hall–Kier alpha value is -1.28. The molecule has 2 fully saturated rings. The number of aliphatic hydroxyl groups excluding tert-OH is 1. The molecule has 0 radical (unpaired) electrons. The van der Waals surface area contributed by atoms with Gasteiger partial charge in [-0.15, -0.1) is 10.2 Å². The van der Waals surface area contributed by atoms with Crippen LogP contribution in [0.15, 0.2) is 5.16 Å². The van der Waals surface area contributed by atoms with E-state index in [0.717, 1.165) is 38.1 Å². The van der Waals surface area contributed by atoms with Gasteiger partial charge in [0.05, 0.1) is 18.4 Å². The second-order valence-corrected chi connectivity index (χ2v) is 7.34. The fraction of sp³-hybridized carbons (Fsp3) is 0.800. The van der Waals surface area contributed by atoms with Crippen molar-refractivity contribution in [2.24, 2.45) is 0 Å². The maximum Gasteiger partial charge on any atom is 0.233 e. The Balaban J connectivity index is 1.58. The van der Waals surface area contributed by atoms with Gasteiger partial charge >= 0.3 is 0 Å². The van der Waals surface area contributed by atoms with Crippen molar-refractivity contribution >= 4 is 17.7 Å². The normalized spacial score (nSPS) is 22.7. The lowest BCUT2D eigenvalue weighted by Gasteiger charge is -2.22. The molecule has 1 atom stereocenters. The van der Waals surface area contributed by atoms with Gasteiger partial charge in [-0.3, -0.25) is 4.79 Å². The number of nitrogens with zero attached hydrogens (tertiary/aromatic N) is 4. The summed E-state index contributed by atoms with van der Waals surface area (Å²) in [5.41, 5.74) is 0. The summed E-state index contributed by atoms with van der Waals surface area (Å²) < 4.78 is 1.56. The molecule has 7 nitrogen and oxygen atoms in total. The van der Waals surface area contributed by atoms with E-state index < -0.39 is 0 Å². The molecular weight excluding hydrogens is 314 g/mol. The second kappa shape index (κ2) is 7.53. The van der Waals surface area contributed by atoms with Crippen LogP contribution in [0.25, 0.3) is 0 Å². The zero-order valence-corrected chi connectivity index (χ0v) is 14.2. The Morgan fingerprint density at radius 2 is 2.00 bits per heavy atom. The fourth-order valence-corrected chi connectivity index (χ4v) is 4.34. The molecule has 2 heterocycles. The average Bonchev–Trinajstić information content (AvgIpc) is 3.20. The van der Waals surface area contributed by atoms with Crippen molar-refractivity contribution in [1.82, 2.24) is 19.8 Å². The van der Waals surface area contributed by atoms with E-state index in [1.165, 1.54) is 31.0 Å². The molecule has 0 bridgehead atoms. The van der Waals surface area contributed by atoms with Crippen LogP contribution in [0.2, 0.25) is 0 Å². The number of carbonyl (C=O) groups is 1. The minimum atomic E-state index is -0.0309. The highest BCUT2D eigenvalue weighted by molar-refractivity contribution is 7.99. The summed E-state index contributed by atoms with van der Waals surface area (Å²) in [6.07, 6.45) is 7.79. The molecule has 3 N–H and O–H groups in total. The molecule has 1 aromatic rings. The smallest absolute Gasteiger partial charge is 0.233 e. The maximum absolute atomic E-state index is 12.3. The minimum Gasteiger partial charge on any atom is -0.394 e. The number of hydrogen-bond donors (Lipinski definition) is 2. The molecule has 1 saturated heterocycles. The summed E-state index contributed by atoms with van der Waals surface area (Å²) in [5.74, 6) is 7.69. The van der Waals surface area contributed by atoms with E-state index in [0.29, 0.717) is 11.1 Å². The molecule has 128 valence electrons. The van der Waals surface area contributed by atoms with Crippen LogP contribution in [0.5, 0.6) is 0 Å². The molecule has 1 amide bonds. The summed E-state index contributed by atoms with van der Waals surface area (Å²) in [7, 11) is 0. The monoisotopic (exact) mass is 339 g/mol. The summed E-state index contributed by atoms with van der Waals surface area (Å²) in [5, 5.41) is 18.3. The van der Waals surface area contributed by atoms with Crippen molar-refractivity contribution in [3.63, 3.8) is 0 Å². The predicted molar refractivity (Wildman–Crippen MR) is 88.5 cm³/mol. The van der Waals surface area contributed by atoms with Crippen molar-refractivity contribution in [2.75, 3.05) is 24.7 Å². The SMILES string of the molecule is Nn1c(SCC(=O)N2CCC[C@@H]2CO)nnc1C1CCCCC1. The van der Waals surface area contributed by atoms with E-state index >= 15 is 0 Å². The fourth-order valence-electron chi connectivity index (χ4n) is 3.59. The molecule has 1 aliphatic carbocycles. The van der Waals surface area contributed by atoms with Crippen LogP contribution >= 0.6 is 11.8 Å². The molecule has 3 rings (SSSR count). The first kappa shape index (κ1) is 16.6. The molecule has 1 aromatic heterocycles. The third-order valence-corrected chi connectivity index (χ3v) is 5.82. The Morgan fingerprint density at radius 1 is 1.22 bits per heavy atom. The molecule has 1 saturated carbocycles. The highest BCUT2D eigenvalue weighted by Gasteiger charge is 2.28. The lowest BCUT2D eigenvalue weighted by Crippen LogP contribution is -2.38. The van der Waals surface area contributed by atoms with E-state index in [-0.39, 0.29) is 24.3 Å². The third-order valence-electron chi connectivity index (χ3n) is 4.89. The number of amides is 1. The Labute approximate surface area is 140 Å². The van der Waals surface area contributed by atoms with Gasteiger partial charge in [0, 0.05) is 12.5 Å². The highest BCUT2D eigenvalue weighted by Crippen LogP contribution is 2.32. The van der Waals surface area contributed by atoms with Crippen molar-refractivity contribution in [3.05, 3.63) is 5.82 Å². The highest BCUT2D eigenvalue weighted by atomic mass is 32.2. The van der Waals surface area contributed by atoms with E-state index in [9.17, 15) is 9.90 Å². The quantitative estimate of drug-likeness (QED) is 0.616. The number of likely N-dealkylation sites (tertiary alicyclic amines) is 1. The Bertz CT molecular complexity index is 544. The lowest BCUT2D eigenvalue weighted by molar-refractivity contribution is -0.129. The van der Waals surface area contributed by atoms with Crippen molar-refractivity contribution in [3.8, 4) is 0 Å². The number of nitrogens with two attached hydrogens (primary N) is 1. The Morgan fingerprint density at radius 3 is 2.74 bits per heavy atom. The van der Waals surface area contributed by atoms with Crippen LogP contribution in [0.4, 0.5) is 0 Å². The third kappa shape index (κ3) is 3.63. The van der Waals surface area contributed by atoms with E-state index in [2.05, 4.69) is 10.2 Å². The number of thioether (sulfide) groups is 1. The number of rotatable bonds is 5. The first-order chi connectivity index (χ1) is 11.2. The zero-order chi connectivity index (χ0) is 16.2. The zero-order valence-electron chi connectivity index (χ0n) is 13.4. The minimum absolute atomic E-state index is 0.0309. The predicted octanol–water partition coefficient (Wildman–Crippen LogP) is 1.11. The first-order valence-corrected chi connectivity index (χ1v) is 9.42. The molecule has 2 aliphatic rings. The number of aromatic nitrogens is 3. The average molecular weight is 339 g/mol. The number of hydrogen-bond acceptors (Lipinski definition) is 6. The maximum atomic E-state index is 12.3. The number of nitrogen functional groups attached to an aromatic ring is 1. The van der Waals surface area contributed by atoms with Gasteiger partial charge in [-0.1, -0.05) is 31.0 Å². The van der Waals surface area contributed by atoms with E-state index in [1.54, 1.807) is 9.58 Å². The van der Waals surface area contributed by atoms with Crippen LogP contribution in [-0.2, 0) is 4.79 Å².